The van der Waals surface area contributed by atoms with Crippen molar-refractivity contribution < 1.29 is 9.47 Å². The third-order valence-electron chi connectivity index (χ3n) is 3.06. The molecule has 0 aliphatic carbocycles. The molecule has 0 radical (unpaired) electrons. The lowest BCUT2D eigenvalue weighted by Gasteiger charge is -2.28. The van der Waals surface area contributed by atoms with E-state index in [0.29, 0.717) is 12.1 Å². The lowest BCUT2D eigenvalue weighted by molar-refractivity contribution is 0.0706. The van der Waals surface area contributed by atoms with Crippen molar-refractivity contribution >= 4 is 0 Å². The van der Waals surface area contributed by atoms with Crippen molar-refractivity contribution in [3.63, 3.8) is 0 Å². The fourth-order valence-electron chi connectivity index (χ4n) is 2.30. The monoisotopic (exact) mass is 185 g/mol. The van der Waals surface area contributed by atoms with E-state index in [1.54, 1.807) is 0 Å². The zero-order valence-electron chi connectivity index (χ0n) is 8.37. The van der Waals surface area contributed by atoms with Crippen molar-refractivity contribution in [3.05, 3.63) is 0 Å². The number of rotatable bonds is 1. The second-order valence-electron chi connectivity index (χ2n) is 3.93. The first-order chi connectivity index (χ1) is 6.38. The summed E-state index contributed by atoms with van der Waals surface area (Å²) in [4.78, 5) is 2.53. The van der Waals surface area contributed by atoms with Crippen molar-refractivity contribution in [2.24, 2.45) is 0 Å². The van der Waals surface area contributed by atoms with Gasteiger partial charge in [0.05, 0.1) is 12.7 Å². The summed E-state index contributed by atoms with van der Waals surface area (Å²) >= 11 is 0. The van der Waals surface area contributed by atoms with E-state index in [-0.39, 0.29) is 0 Å². The zero-order chi connectivity index (χ0) is 9.10. The maximum Gasteiger partial charge on any atom is 0.0703 e. The van der Waals surface area contributed by atoms with E-state index in [1.807, 2.05) is 0 Å². The number of hydrogen-bond donors (Lipinski definition) is 0. The lowest BCUT2D eigenvalue weighted by Crippen LogP contribution is -2.41. The van der Waals surface area contributed by atoms with Crippen LogP contribution in [0.25, 0.3) is 0 Å². The van der Waals surface area contributed by atoms with Crippen molar-refractivity contribution in [2.75, 3.05) is 32.9 Å². The van der Waals surface area contributed by atoms with Gasteiger partial charge in [0.2, 0.25) is 0 Å². The van der Waals surface area contributed by atoms with Crippen LogP contribution >= 0.6 is 0 Å². The van der Waals surface area contributed by atoms with Gasteiger partial charge in [-0.1, -0.05) is 0 Å². The lowest BCUT2D eigenvalue weighted by atomic mass is 10.1. The molecular weight excluding hydrogens is 166 g/mol. The van der Waals surface area contributed by atoms with Gasteiger partial charge in [-0.15, -0.1) is 0 Å². The standard InChI is InChI=1S/C10H19NO2/c1-9-10(3-7-13-9)11-4-2-6-12-8-5-11/h9-10H,2-8H2,1H3. The van der Waals surface area contributed by atoms with Crippen molar-refractivity contribution in [1.82, 2.24) is 4.90 Å². The van der Waals surface area contributed by atoms with Gasteiger partial charge in [0.1, 0.15) is 0 Å². The molecule has 3 heteroatoms. The first-order valence-electron chi connectivity index (χ1n) is 5.31. The second kappa shape index (κ2) is 4.40. The number of ether oxygens (including phenoxy) is 2. The molecule has 0 aromatic carbocycles. The van der Waals surface area contributed by atoms with Gasteiger partial charge in [-0.2, -0.15) is 0 Å². The molecule has 0 bridgehead atoms. The van der Waals surface area contributed by atoms with Crippen LogP contribution in [0.4, 0.5) is 0 Å². The van der Waals surface area contributed by atoms with Crippen LogP contribution in [0.5, 0.6) is 0 Å². The third-order valence-corrected chi connectivity index (χ3v) is 3.06. The Kier molecular flexibility index (Phi) is 3.19. The summed E-state index contributed by atoms with van der Waals surface area (Å²) in [7, 11) is 0. The van der Waals surface area contributed by atoms with Crippen LogP contribution in [0.15, 0.2) is 0 Å². The van der Waals surface area contributed by atoms with Gasteiger partial charge in [-0.05, 0) is 19.8 Å². The van der Waals surface area contributed by atoms with Crippen molar-refractivity contribution in [2.45, 2.75) is 31.9 Å². The predicted molar refractivity (Wildman–Crippen MR) is 50.8 cm³/mol. The molecule has 2 saturated heterocycles. The van der Waals surface area contributed by atoms with Gasteiger partial charge in [-0.3, -0.25) is 4.90 Å². The normalized spacial score (nSPS) is 37.6. The van der Waals surface area contributed by atoms with Crippen LogP contribution in [-0.4, -0.2) is 50.0 Å². The molecule has 0 aromatic heterocycles. The van der Waals surface area contributed by atoms with Gasteiger partial charge in [0.25, 0.3) is 0 Å². The highest BCUT2D eigenvalue weighted by atomic mass is 16.5. The molecule has 2 unspecified atom stereocenters. The SMILES string of the molecule is CC1OCCC1N1CCCOCC1. The molecule has 2 aliphatic heterocycles. The van der Waals surface area contributed by atoms with Crippen LogP contribution in [0.3, 0.4) is 0 Å². The average molecular weight is 185 g/mol. The Hall–Kier alpha value is -0.120. The van der Waals surface area contributed by atoms with Gasteiger partial charge in [0, 0.05) is 32.3 Å². The smallest absolute Gasteiger partial charge is 0.0703 e. The van der Waals surface area contributed by atoms with Crippen LogP contribution in [0.1, 0.15) is 19.8 Å². The van der Waals surface area contributed by atoms with E-state index >= 15 is 0 Å². The molecule has 2 atom stereocenters. The van der Waals surface area contributed by atoms with E-state index in [1.165, 1.54) is 19.4 Å². The molecule has 3 nitrogen and oxygen atoms in total. The number of nitrogens with zero attached hydrogens (tertiary/aromatic N) is 1. The van der Waals surface area contributed by atoms with Crippen LogP contribution < -0.4 is 0 Å². The first-order valence-corrected chi connectivity index (χ1v) is 5.31. The van der Waals surface area contributed by atoms with Crippen LogP contribution in [0.2, 0.25) is 0 Å². The van der Waals surface area contributed by atoms with E-state index < -0.39 is 0 Å². The van der Waals surface area contributed by atoms with Gasteiger partial charge in [0.15, 0.2) is 0 Å². The third kappa shape index (κ3) is 2.22. The number of hydrogen-bond acceptors (Lipinski definition) is 3. The van der Waals surface area contributed by atoms with Gasteiger partial charge in [-0.25, -0.2) is 0 Å². The highest BCUT2D eigenvalue weighted by Crippen LogP contribution is 2.20. The maximum atomic E-state index is 5.58. The molecule has 13 heavy (non-hydrogen) atoms. The summed E-state index contributed by atoms with van der Waals surface area (Å²) < 4.78 is 11.0. The topological polar surface area (TPSA) is 21.7 Å². The van der Waals surface area contributed by atoms with Crippen molar-refractivity contribution in [3.8, 4) is 0 Å². The molecule has 0 spiro atoms. The molecule has 0 aromatic rings. The van der Waals surface area contributed by atoms with Gasteiger partial charge >= 0.3 is 0 Å². The summed E-state index contributed by atoms with van der Waals surface area (Å²) in [5, 5.41) is 0. The second-order valence-corrected chi connectivity index (χ2v) is 3.93. The molecule has 0 N–H and O–H groups in total. The quantitative estimate of drug-likeness (QED) is 0.605. The van der Waals surface area contributed by atoms with Gasteiger partial charge < -0.3 is 9.47 Å². The Morgan fingerprint density at radius 1 is 1.15 bits per heavy atom. The zero-order valence-corrected chi connectivity index (χ0v) is 8.37. The Bertz CT molecular complexity index is 155. The summed E-state index contributed by atoms with van der Waals surface area (Å²) in [5.41, 5.74) is 0. The fourth-order valence-corrected chi connectivity index (χ4v) is 2.30. The predicted octanol–water partition coefficient (Wildman–Crippen LogP) is 0.886. The molecule has 2 fully saturated rings. The Morgan fingerprint density at radius 3 is 2.85 bits per heavy atom. The summed E-state index contributed by atoms with van der Waals surface area (Å²) in [6, 6.07) is 0.640. The largest absolute Gasteiger partial charge is 0.380 e. The molecule has 0 amide bonds. The Balaban J connectivity index is 1.89. The average Bonchev–Trinajstić information content (AvgIpc) is 2.43. The Morgan fingerprint density at radius 2 is 2.08 bits per heavy atom. The molecule has 2 aliphatic rings. The summed E-state index contributed by atoms with van der Waals surface area (Å²) in [5.74, 6) is 0. The fraction of sp³-hybridized carbons (Fsp3) is 1.00. The summed E-state index contributed by atoms with van der Waals surface area (Å²) in [6.45, 7) is 7.20. The van der Waals surface area contributed by atoms with E-state index in [2.05, 4.69) is 11.8 Å². The molecule has 76 valence electrons. The van der Waals surface area contributed by atoms with E-state index in [9.17, 15) is 0 Å². The van der Waals surface area contributed by atoms with Crippen LogP contribution in [-0.2, 0) is 9.47 Å². The first kappa shape index (κ1) is 9.44. The molecular formula is C10H19NO2. The minimum atomic E-state index is 0.415. The van der Waals surface area contributed by atoms with Crippen LogP contribution in [0, 0.1) is 0 Å². The minimum absolute atomic E-state index is 0.415. The minimum Gasteiger partial charge on any atom is -0.380 e. The van der Waals surface area contributed by atoms with E-state index in [4.69, 9.17) is 9.47 Å². The van der Waals surface area contributed by atoms with E-state index in [0.717, 1.165) is 26.4 Å². The highest BCUT2D eigenvalue weighted by molar-refractivity contribution is 4.82. The molecule has 2 rings (SSSR count). The maximum absolute atomic E-state index is 5.58. The Labute approximate surface area is 80.0 Å². The summed E-state index contributed by atoms with van der Waals surface area (Å²) in [6.07, 6.45) is 2.78. The highest BCUT2D eigenvalue weighted by Gasteiger charge is 2.29. The van der Waals surface area contributed by atoms with Crippen molar-refractivity contribution in [1.29, 1.82) is 0 Å². The molecule has 2 heterocycles. The molecule has 0 saturated carbocycles.